The lowest BCUT2D eigenvalue weighted by Gasteiger charge is -2.17. The van der Waals surface area contributed by atoms with Crippen LogP contribution in [0.2, 0.25) is 0 Å². The minimum absolute atomic E-state index is 0.129. The molecule has 2 heterocycles. The van der Waals surface area contributed by atoms with Crippen molar-refractivity contribution >= 4 is 29.0 Å². The van der Waals surface area contributed by atoms with Crippen LogP contribution in [0.1, 0.15) is 12.8 Å². The Kier molecular flexibility index (Phi) is 6.08. The molecule has 9 heteroatoms. The van der Waals surface area contributed by atoms with Gasteiger partial charge in [-0.3, -0.25) is 4.79 Å². The number of ether oxygens (including phenoxy) is 1. The molecule has 156 valence electrons. The third kappa shape index (κ3) is 4.35. The normalized spacial score (nSPS) is 13.4. The summed E-state index contributed by atoms with van der Waals surface area (Å²) in [4.78, 5) is 14.7. The molecule has 1 amide bonds. The number of nitrogens with one attached hydrogen (secondary N) is 1. The van der Waals surface area contributed by atoms with E-state index in [1.807, 2.05) is 48.5 Å². The number of anilines is 2. The number of nitrogens with two attached hydrogens (primary N) is 1. The standard InChI is InChI=1S/C21H24N6O2S/c1-29-18-7-3-2-6-17(18)20-24-25-21(27(20)22)30-14-19(28)23-15-8-10-16(11-9-15)26-12-4-5-13-26/h2-3,6-11H,4-5,12-14,22H2,1H3,(H,23,28). The van der Waals surface area contributed by atoms with E-state index < -0.39 is 0 Å². The van der Waals surface area contributed by atoms with Crippen LogP contribution in [0.4, 0.5) is 11.4 Å². The molecule has 1 aliphatic rings. The molecule has 0 aliphatic carbocycles. The minimum Gasteiger partial charge on any atom is -0.496 e. The average Bonchev–Trinajstić information content (AvgIpc) is 3.43. The van der Waals surface area contributed by atoms with Crippen LogP contribution in [0.3, 0.4) is 0 Å². The van der Waals surface area contributed by atoms with Crippen molar-refractivity contribution in [1.82, 2.24) is 14.9 Å². The topological polar surface area (TPSA) is 98.3 Å². The van der Waals surface area contributed by atoms with E-state index >= 15 is 0 Å². The molecule has 0 saturated carbocycles. The highest BCUT2D eigenvalue weighted by Gasteiger charge is 2.17. The molecule has 0 radical (unpaired) electrons. The second-order valence-electron chi connectivity index (χ2n) is 6.95. The number of nitrogens with zero attached hydrogens (tertiary/aromatic N) is 4. The predicted octanol–water partition coefficient (Wildman–Crippen LogP) is 3.00. The second kappa shape index (κ2) is 9.08. The lowest BCUT2D eigenvalue weighted by molar-refractivity contribution is -0.113. The monoisotopic (exact) mass is 424 g/mol. The molecule has 3 N–H and O–H groups in total. The maximum Gasteiger partial charge on any atom is 0.234 e. The van der Waals surface area contributed by atoms with Crippen molar-refractivity contribution in [3.63, 3.8) is 0 Å². The van der Waals surface area contributed by atoms with Crippen LogP contribution >= 0.6 is 11.8 Å². The van der Waals surface area contributed by atoms with Crippen molar-refractivity contribution in [2.45, 2.75) is 18.0 Å². The molecule has 2 aromatic carbocycles. The van der Waals surface area contributed by atoms with Crippen LogP contribution in [0.15, 0.2) is 53.7 Å². The number of aromatic nitrogens is 3. The summed E-state index contributed by atoms with van der Waals surface area (Å²) in [6.45, 7) is 2.19. The summed E-state index contributed by atoms with van der Waals surface area (Å²) in [6, 6.07) is 15.4. The van der Waals surface area contributed by atoms with E-state index in [4.69, 9.17) is 10.6 Å². The molecule has 4 rings (SSSR count). The molecule has 1 aliphatic heterocycles. The third-order valence-electron chi connectivity index (χ3n) is 4.97. The number of amides is 1. The van der Waals surface area contributed by atoms with E-state index in [0.29, 0.717) is 16.7 Å². The Bertz CT molecular complexity index is 1010. The number of benzene rings is 2. The maximum atomic E-state index is 12.4. The summed E-state index contributed by atoms with van der Waals surface area (Å²) >= 11 is 1.23. The highest BCUT2D eigenvalue weighted by Crippen LogP contribution is 2.29. The highest BCUT2D eigenvalue weighted by molar-refractivity contribution is 7.99. The van der Waals surface area contributed by atoms with Gasteiger partial charge in [-0.1, -0.05) is 23.9 Å². The van der Waals surface area contributed by atoms with Crippen LogP contribution in [-0.4, -0.2) is 46.7 Å². The van der Waals surface area contributed by atoms with Crippen LogP contribution in [-0.2, 0) is 4.79 Å². The Morgan fingerprint density at radius 1 is 1.13 bits per heavy atom. The van der Waals surface area contributed by atoms with Crippen molar-refractivity contribution in [3.8, 4) is 17.1 Å². The summed E-state index contributed by atoms with van der Waals surface area (Å²) in [6.07, 6.45) is 2.47. The lowest BCUT2D eigenvalue weighted by atomic mass is 10.2. The molecule has 1 saturated heterocycles. The number of hydrogen-bond donors (Lipinski definition) is 2. The van der Waals surface area contributed by atoms with Gasteiger partial charge in [-0.2, -0.15) is 0 Å². The van der Waals surface area contributed by atoms with E-state index in [9.17, 15) is 4.79 Å². The van der Waals surface area contributed by atoms with Crippen molar-refractivity contribution in [2.75, 3.05) is 42.0 Å². The van der Waals surface area contributed by atoms with Crippen LogP contribution < -0.4 is 20.8 Å². The molecule has 0 unspecified atom stereocenters. The van der Waals surface area contributed by atoms with Gasteiger partial charge >= 0.3 is 0 Å². The first-order chi connectivity index (χ1) is 14.7. The second-order valence-corrected chi connectivity index (χ2v) is 7.90. The van der Waals surface area contributed by atoms with Crippen LogP contribution in [0, 0.1) is 0 Å². The molecule has 0 spiro atoms. The summed E-state index contributed by atoms with van der Waals surface area (Å²) in [7, 11) is 1.59. The number of methoxy groups -OCH3 is 1. The molecule has 1 aromatic heterocycles. The van der Waals surface area contributed by atoms with Crippen molar-refractivity contribution in [2.24, 2.45) is 0 Å². The van der Waals surface area contributed by atoms with Crippen molar-refractivity contribution < 1.29 is 9.53 Å². The number of hydrogen-bond acceptors (Lipinski definition) is 7. The van der Waals surface area contributed by atoms with Crippen LogP contribution in [0.5, 0.6) is 5.75 Å². The fourth-order valence-corrected chi connectivity index (χ4v) is 4.10. The largest absolute Gasteiger partial charge is 0.496 e. The van der Waals surface area contributed by atoms with Gasteiger partial charge in [0.15, 0.2) is 5.82 Å². The fraction of sp³-hybridized carbons (Fsp3) is 0.286. The molecule has 0 atom stereocenters. The van der Waals surface area contributed by atoms with E-state index in [1.54, 1.807) is 7.11 Å². The molecular weight excluding hydrogens is 400 g/mol. The van der Waals surface area contributed by atoms with E-state index in [2.05, 4.69) is 20.4 Å². The first-order valence-corrected chi connectivity index (χ1v) is 10.8. The van der Waals surface area contributed by atoms with Gasteiger partial charge < -0.3 is 20.8 Å². The lowest BCUT2D eigenvalue weighted by Crippen LogP contribution is -2.18. The number of carbonyl (C=O) groups excluding carboxylic acids is 1. The summed E-state index contributed by atoms with van der Waals surface area (Å²) in [5, 5.41) is 11.6. The number of nitrogen functional groups attached to an aromatic ring is 1. The van der Waals surface area contributed by atoms with Gasteiger partial charge in [-0.15, -0.1) is 10.2 Å². The number of carbonyl (C=O) groups is 1. The zero-order chi connectivity index (χ0) is 20.9. The molecule has 8 nitrogen and oxygen atoms in total. The zero-order valence-electron chi connectivity index (χ0n) is 16.7. The average molecular weight is 425 g/mol. The first-order valence-electron chi connectivity index (χ1n) is 9.77. The number of thioether (sulfide) groups is 1. The molecular formula is C21H24N6O2S. The SMILES string of the molecule is COc1ccccc1-c1nnc(SCC(=O)Nc2ccc(N3CCCC3)cc2)n1N. The Morgan fingerprint density at radius 2 is 1.87 bits per heavy atom. The Balaban J connectivity index is 1.36. The fourth-order valence-electron chi connectivity index (χ4n) is 3.45. The first kappa shape index (κ1) is 20.1. The van der Waals surface area contributed by atoms with E-state index in [0.717, 1.165) is 24.3 Å². The van der Waals surface area contributed by atoms with Crippen molar-refractivity contribution in [3.05, 3.63) is 48.5 Å². The maximum absolute atomic E-state index is 12.4. The van der Waals surface area contributed by atoms with Gasteiger partial charge in [-0.05, 0) is 49.2 Å². The van der Waals surface area contributed by atoms with Gasteiger partial charge in [0.05, 0.1) is 18.4 Å². The quantitative estimate of drug-likeness (QED) is 0.444. The molecule has 30 heavy (non-hydrogen) atoms. The van der Waals surface area contributed by atoms with Gasteiger partial charge in [0.2, 0.25) is 11.1 Å². The van der Waals surface area contributed by atoms with Crippen LogP contribution in [0.25, 0.3) is 11.4 Å². The van der Waals surface area contributed by atoms with Crippen molar-refractivity contribution in [1.29, 1.82) is 0 Å². The van der Waals surface area contributed by atoms with Gasteiger partial charge in [-0.25, -0.2) is 4.68 Å². The van der Waals surface area contributed by atoms with E-state index in [1.165, 1.54) is 35.0 Å². The summed E-state index contributed by atoms with van der Waals surface area (Å²) < 4.78 is 6.73. The number of rotatable bonds is 7. The van der Waals surface area contributed by atoms with Gasteiger partial charge in [0, 0.05) is 24.5 Å². The molecule has 3 aromatic rings. The van der Waals surface area contributed by atoms with Gasteiger partial charge in [0.1, 0.15) is 5.75 Å². The molecule has 0 bridgehead atoms. The minimum atomic E-state index is -0.129. The summed E-state index contributed by atoms with van der Waals surface area (Å²) in [5.74, 6) is 7.34. The molecule has 1 fully saturated rings. The Morgan fingerprint density at radius 3 is 2.60 bits per heavy atom. The predicted molar refractivity (Wildman–Crippen MR) is 119 cm³/mol. The Hall–Kier alpha value is -3.20. The number of para-hydroxylation sites is 1. The smallest absolute Gasteiger partial charge is 0.234 e. The third-order valence-corrected chi connectivity index (χ3v) is 5.91. The Labute approximate surface area is 179 Å². The highest BCUT2D eigenvalue weighted by atomic mass is 32.2. The van der Waals surface area contributed by atoms with Gasteiger partial charge in [0.25, 0.3) is 0 Å². The zero-order valence-corrected chi connectivity index (χ0v) is 17.6. The summed E-state index contributed by atoms with van der Waals surface area (Å²) in [5.41, 5.74) is 2.71. The van der Waals surface area contributed by atoms with E-state index in [-0.39, 0.29) is 11.7 Å².